The first-order valence-corrected chi connectivity index (χ1v) is 14.0. The summed E-state index contributed by atoms with van der Waals surface area (Å²) in [5.41, 5.74) is 2.35. The average Bonchev–Trinajstić information content (AvgIpc) is 3.57. The van der Waals surface area contributed by atoms with Crippen LogP contribution in [0, 0.1) is 0 Å². The number of fused-ring (bicyclic) bond motifs is 2. The monoisotopic (exact) mass is 606 g/mol. The molecule has 2 aliphatic heterocycles. The van der Waals surface area contributed by atoms with Crippen LogP contribution in [-0.4, -0.2) is 85.3 Å². The number of aromatic hydroxyl groups is 1. The molecule has 1 amide bonds. The zero-order valence-corrected chi connectivity index (χ0v) is 23.7. The van der Waals surface area contributed by atoms with Gasteiger partial charge in [-0.25, -0.2) is 9.79 Å². The highest BCUT2D eigenvalue weighted by Gasteiger charge is 2.48. The van der Waals surface area contributed by atoms with E-state index in [2.05, 4.69) is 4.98 Å². The number of carbonyl (C=O) groups excluding carboxylic acids is 2. The van der Waals surface area contributed by atoms with Gasteiger partial charge in [0.15, 0.2) is 5.88 Å². The van der Waals surface area contributed by atoms with Crippen LogP contribution in [0.1, 0.15) is 33.0 Å². The van der Waals surface area contributed by atoms with Crippen molar-refractivity contribution >= 4 is 39.9 Å². The van der Waals surface area contributed by atoms with Gasteiger partial charge in [-0.15, -0.1) is 0 Å². The van der Waals surface area contributed by atoms with Crippen LogP contribution >= 0.6 is 0 Å². The molecule has 6 rings (SSSR count). The third-order valence-corrected chi connectivity index (χ3v) is 7.93. The van der Waals surface area contributed by atoms with Gasteiger partial charge in [-0.2, -0.15) is 13.2 Å². The van der Waals surface area contributed by atoms with Gasteiger partial charge < -0.3 is 24.5 Å². The van der Waals surface area contributed by atoms with E-state index in [4.69, 9.17) is 14.5 Å². The van der Waals surface area contributed by atoms with Crippen LogP contribution in [0.4, 0.5) is 24.5 Å². The number of carbonyl (C=O) groups is 2. The molecule has 0 spiro atoms. The number of rotatable bonds is 6. The Morgan fingerprint density at radius 2 is 1.80 bits per heavy atom. The molecule has 1 atom stereocenters. The quantitative estimate of drug-likeness (QED) is 0.232. The Morgan fingerprint density at radius 3 is 2.50 bits per heavy atom. The van der Waals surface area contributed by atoms with E-state index >= 15 is 0 Å². The van der Waals surface area contributed by atoms with Gasteiger partial charge in [0.25, 0.3) is 0 Å². The normalized spacial score (nSPS) is 17.6. The predicted molar refractivity (Wildman–Crippen MR) is 158 cm³/mol. The molecule has 1 fully saturated rings. The highest BCUT2D eigenvalue weighted by molar-refractivity contribution is 6.22. The number of aliphatic imine (C=N–C) groups is 1. The van der Waals surface area contributed by atoms with Gasteiger partial charge in [-0.3, -0.25) is 9.69 Å². The molecule has 0 radical (unpaired) electrons. The van der Waals surface area contributed by atoms with Crippen molar-refractivity contribution in [3.05, 3.63) is 89.0 Å². The van der Waals surface area contributed by atoms with Crippen molar-refractivity contribution in [1.82, 2.24) is 9.88 Å². The van der Waals surface area contributed by atoms with Crippen molar-refractivity contribution in [2.45, 2.75) is 12.1 Å². The van der Waals surface area contributed by atoms with Crippen LogP contribution in [0.25, 0.3) is 10.9 Å². The number of nitrogens with zero attached hydrogens (tertiary/aromatic N) is 3. The van der Waals surface area contributed by atoms with Crippen LogP contribution in [0.2, 0.25) is 0 Å². The average molecular weight is 607 g/mol. The molecule has 2 aliphatic rings. The molecule has 0 aliphatic carbocycles. The first kappa shape index (κ1) is 29.4. The number of nitrogens with one attached hydrogen (secondary N) is 1. The molecule has 0 bridgehead atoms. The lowest BCUT2D eigenvalue weighted by molar-refractivity contribution is -0.147. The molecule has 1 aromatic heterocycles. The summed E-state index contributed by atoms with van der Waals surface area (Å²) >= 11 is 0. The number of H-pyrrole nitrogens is 1. The minimum absolute atomic E-state index is 0.00295. The van der Waals surface area contributed by atoms with E-state index in [0.717, 1.165) is 0 Å². The van der Waals surface area contributed by atoms with E-state index in [1.807, 2.05) is 11.0 Å². The lowest BCUT2D eigenvalue weighted by Gasteiger charge is -2.28. The molecule has 1 saturated heterocycles. The van der Waals surface area contributed by atoms with Crippen LogP contribution < -0.4 is 4.90 Å². The molecule has 44 heavy (non-hydrogen) atoms. The Hall–Kier alpha value is -4.68. The number of benzene rings is 3. The summed E-state index contributed by atoms with van der Waals surface area (Å²) in [5, 5.41) is 11.6. The Balaban J connectivity index is 1.43. The van der Waals surface area contributed by atoms with Gasteiger partial charge in [-0.1, -0.05) is 36.4 Å². The number of esters is 1. The number of halogens is 3. The molecule has 4 aromatic rings. The number of morpholine rings is 1. The topological polar surface area (TPSA) is 107 Å². The number of hydrogen-bond donors (Lipinski definition) is 2. The summed E-state index contributed by atoms with van der Waals surface area (Å²) < 4.78 is 53.0. The van der Waals surface area contributed by atoms with E-state index in [1.54, 1.807) is 48.5 Å². The maximum absolute atomic E-state index is 14.3. The van der Waals surface area contributed by atoms with Crippen molar-refractivity contribution in [2.24, 2.45) is 4.99 Å². The fraction of sp³-hybridized carbons (Fsp3) is 0.281. The van der Waals surface area contributed by atoms with Crippen LogP contribution in [0.3, 0.4) is 0 Å². The zero-order chi connectivity index (χ0) is 31.0. The maximum Gasteiger partial charge on any atom is 0.397 e. The van der Waals surface area contributed by atoms with Gasteiger partial charge in [0.2, 0.25) is 5.91 Å². The second-order valence-corrected chi connectivity index (χ2v) is 10.7. The zero-order valence-electron chi connectivity index (χ0n) is 23.7. The van der Waals surface area contributed by atoms with E-state index in [0.29, 0.717) is 54.0 Å². The molecule has 12 heteroatoms. The van der Waals surface area contributed by atoms with Crippen molar-refractivity contribution in [3.8, 4) is 5.88 Å². The van der Waals surface area contributed by atoms with Crippen molar-refractivity contribution in [2.75, 3.05) is 51.4 Å². The summed E-state index contributed by atoms with van der Waals surface area (Å²) in [6.07, 6.45) is -4.58. The van der Waals surface area contributed by atoms with Crippen molar-refractivity contribution in [1.29, 1.82) is 0 Å². The van der Waals surface area contributed by atoms with Crippen LogP contribution in [-0.2, 0) is 14.3 Å². The smallest absolute Gasteiger partial charge is 0.397 e. The summed E-state index contributed by atoms with van der Waals surface area (Å²) in [4.78, 5) is 36.0. The number of aromatic nitrogens is 1. The number of amides is 1. The summed E-state index contributed by atoms with van der Waals surface area (Å²) in [5.74, 6) is -3.05. The number of methoxy groups -OCH3 is 1. The van der Waals surface area contributed by atoms with Gasteiger partial charge >= 0.3 is 12.1 Å². The van der Waals surface area contributed by atoms with Crippen molar-refractivity contribution < 1.29 is 37.3 Å². The second kappa shape index (κ2) is 11.8. The van der Waals surface area contributed by atoms with Crippen LogP contribution in [0.15, 0.2) is 71.7 Å². The Kier molecular flexibility index (Phi) is 7.87. The summed E-state index contributed by atoms with van der Waals surface area (Å²) in [7, 11) is 1.27. The Morgan fingerprint density at radius 1 is 1.05 bits per heavy atom. The summed E-state index contributed by atoms with van der Waals surface area (Å²) in [6, 6.07) is 18.1. The largest absolute Gasteiger partial charge is 0.494 e. The third kappa shape index (κ3) is 5.65. The fourth-order valence-corrected chi connectivity index (χ4v) is 5.73. The molecule has 0 saturated carbocycles. The highest BCUT2D eigenvalue weighted by Crippen LogP contribution is 2.47. The fourth-order valence-electron chi connectivity index (χ4n) is 5.73. The number of ether oxygens (including phenoxy) is 2. The molecule has 9 nitrogen and oxygen atoms in total. The van der Waals surface area contributed by atoms with E-state index in [-0.39, 0.29) is 34.9 Å². The predicted octanol–water partition coefficient (Wildman–Crippen LogP) is 5.15. The minimum Gasteiger partial charge on any atom is -0.494 e. The number of anilines is 1. The molecule has 3 heterocycles. The lowest BCUT2D eigenvalue weighted by atomic mass is 9.99. The standard InChI is InChI=1S/C32H29F3N4O5/c1-43-31(42)20-7-9-22-25(15-20)37-30(41)28(22)29(19-5-3-2-4-6-19)36-21-8-10-26-23(16-21)24(32(33,34)35)17-39(26)27(40)18-38-11-13-44-14-12-38/h2-10,15-16,24,37,41H,11-14,17-18H2,1H3. The molecule has 3 aromatic carbocycles. The first-order chi connectivity index (χ1) is 21.1. The van der Waals surface area contributed by atoms with E-state index in [9.17, 15) is 27.9 Å². The lowest BCUT2D eigenvalue weighted by Crippen LogP contribution is -2.45. The molecule has 2 N–H and O–H groups in total. The number of alkyl halides is 3. The SMILES string of the molecule is COC(=O)c1ccc2c(C(=Nc3ccc4c(c3)C(C(F)(F)F)CN4C(=O)CN3CCOCC3)c3ccccc3)c(O)[nH]c2c1. The molecule has 1 unspecified atom stereocenters. The van der Waals surface area contributed by atoms with Gasteiger partial charge in [0.05, 0.1) is 55.3 Å². The van der Waals surface area contributed by atoms with Crippen LogP contribution in [0.5, 0.6) is 5.88 Å². The Labute approximate surface area is 250 Å². The van der Waals surface area contributed by atoms with Gasteiger partial charge in [-0.05, 0) is 35.9 Å². The highest BCUT2D eigenvalue weighted by atomic mass is 19.4. The maximum atomic E-state index is 14.3. The second-order valence-electron chi connectivity index (χ2n) is 10.7. The van der Waals surface area contributed by atoms with E-state index in [1.165, 1.54) is 24.1 Å². The third-order valence-electron chi connectivity index (χ3n) is 7.93. The summed E-state index contributed by atoms with van der Waals surface area (Å²) in [6.45, 7) is 1.51. The van der Waals surface area contributed by atoms with Gasteiger partial charge in [0, 0.05) is 41.8 Å². The number of hydrogen-bond acceptors (Lipinski definition) is 7. The van der Waals surface area contributed by atoms with E-state index < -0.39 is 30.5 Å². The minimum atomic E-state index is -4.58. The van der Waals surface area contributed by atoms with Gasteiger partial charge in [0.1, 0.15) is 0 Å². The molecule has 228 valence electrons. The Bertz CT molecular complexity index is 1750. The van der Waals surface area contributed by atoms with Crippen molar-refractivity contribution in [3.63, 3.8) is 0 Å². The molecular formula is C32H29F3N4O5. The first-order valence-electron chi connectivity index (χ1n) is 14.0. The number of aromatic amines is 1. The molecular weight excluding hydrogens is 577 g/mol.